The zero-order valence-corrected chi connectivity index (χ0v) is 7.93. The van der Waals surface area contributed by atoms with E-state index in [2.05, 4.69) is 15.6 Å². The molecule has 70 valence electrons. The van der Waals surface area contributed by atoms with Crippen molar-refractivity contribution < 1.29 is 4.79 Å². The molecule has 0 unspecified atom stereocenters. The van der Waals surface area contributed by atoms with Crippen molar-refractivity contribution in [2.24, 2.45) is 0 Å². The summed E-state index contributed by atoms with van der Waals surface area (Å²) in [6.07, 6.45) is 1.58. The SMILES string of the molecule is CNC(=O)CNc1ccnc(Cl)c1. The number of nitrogens with one attached hydrogen (secondary N) is 2. The van der Waals surface area contributed by atoms with Gasteiger partial charge >= 0.3 is 0 Å². The van der Waals surface area contributed by atoms with Crippen molar-refractivity contribution in [3.05, 3.63) is 23.5 Å². The van der Waals surface area contributed by atoms with E-state index in [-0.39, 0.29) is 12.5 Å². The smallest absolute Gasteiger partial charge is 0.239 e. The van der Waals surface area contributed by atoms with Crippen LogP contribution < -0.4 is 10.6 Å². The summed E-state index contributed by atoms with van der Waals surface area (Å²) in [6.45, 7) is 0.233. The number of nitrogens with zero attached hydrogens (tertiary/aromatic N) is 1. The van der Waals surface area contributed by atoms with E-state index < -0.39 is 0 Å². The maximum atomic E-state index is 10.8. The van der Waals surface area contributed by atoms with Crippen molar-refractivity contribution in [2.45, 2.75) is 0 Å². The summed E-state index contributed by atoms with van der Waals surface area (Å²) in [4.78, 5) is 14.7. The van der Waals surface area contributed by atoms with Gasteiger partial charge in [0.25, 0.3) is 0 Å². The number of hydrogen-bond acceptors (Lipinski definition) is 3. The molecule has 0 aliphatic rings. The summed E-state index contributed by atoms with van der Waals surface area (Å²) in [5, 5.41) is 5.80. The maximum Gasteiger partial charge on any atom is 0.239 e. The fourth-order valence-corrected chi connectivity index (χ4v) is 0.957. The van der Waals surface area contributed by atoms with Crippen LogP contribution in [0.1, 0.15) is 0 Å². The van der Waals surface area contributed by atoms with Gasteiger partial charge in [-0.25, -0.2) is 4.98 Å². The van der Waals surface area contributed by atoms with Crippen LogP contribution in [0.15, 0.2) is 18.3 Å². The number of likely N-dealkylation sites (N-methyl/N-ethyl adjacent to an activating group) is 1. The van der Waals surface area contributed by atoms with Crippen LogP contribution in [0.3, 0.4) is 0 Å². The predicted octanol–water partition coefficient (Wildman–Crippen LogP) is 0.893. The molecule has 0 aromatic carbocycles. The Morgan fingerprint density at radius 3 is 3.08 bits per heavy atom. The van der Waals surface area contributed by atoms with Crippen LogP contribution in [0.25, 0.3) is 0 Å². The molecule has 1 aromatic heterocycles. The topological polar surface area (TPSA) is 54.0 Å². The van der Waals surface area contributed by atoms with Gasteiger partial charge in [-0.05, 0) is 12.1 Å². The van der Waals surface area contributed by atoms with Crippen LogP contribution in [0.4, 0.5) is 5.69 Å². The summed E-state index contributed by atoms with van der Waals surface area (Å²) >= 11 is 5.64. The number of carbonyl (C=O) groups excluding carboxylic acids is 1. The summed E-state index contributed by atoms with van der Waals surface area (Å²) in [5.74, 6) is -0.0760. The molecule has 0 spiro atoms. The zero-order chi connectivity index (χ0) is 9.68. The molecule has 1 heterocycles. The van der Waals surface area contributed by atoms with E-state index in [0.717, 1.165) is 5.69 Å². The van der Waals surface area contributed by atoms with Crippen molar-refractivity contribution in [2.75, 3.05) is 18.9 Å². The van der Waals surface area contributed by atoms with Gasteiger partial charge < -0.3 is 10.6 Å². The molecule has 0 aliphatic heterocycles. The Hall–Kier alpha value is -1.29. The Labute approximate surface area is 81.3 Å². The van der Waals surface area contributed by atoms with E-state index in [1.807, 2.05) is 0 Å². The van der Waals surface area contributed by atoms with Crippen LogP contribution in [-0.4, -0.2) is 24.5 Å². The first kappa shape index (κ1) is 9.80. The first-order valence-electron chi connectivity index (χ1n) is 3.78. The standard InChI is InChI=1S/C8H10ClN3O/c1-10-8(13)5-12-6-2-3-11-7(9)4-6/h2-4H,5H2,1H3,(H,10,13)(H,11,12). The monoisotopic (exact) mass is 199 g/mol. The van der Waals surface area contributed by atoms with Gasteiger partial charge in [0.15, 0.2) is 0 Å². The number of rotatable bonds is 3. The van der Waals surface area contributed by atoms with Gasteiger partial charge in [0.2, 0.25) is 5.91 Å². The third kappa shape index (κ3) is 3.29. The van der Waals surface area contributed by atoms with E-state index in [1.54, 1.807) is 25.4 Å². The lowest BCUT2D eigenvalue weighted by molar-refractivity contribution is -0.118. The van der Waals surface area contributed by atoms with Crippen molar-refractivity contribution in [3.63, 3.8) is 0 Å². The second-order valence-corrected chi connectivity index (χ2v) is 2.78. The first-order valence-corrected chi connectivity index (χ1v) is 4.16. The minimum atomic E-state index is -0.0760. The molecule has 5 heteroatoms. The number of pyridine rings is 1. The lowest BCUT2D eigenvalue weighted by atomic mass is 10.4. The highest BCUT2D eigenvalue weighted by Gasteiger charge is 1.97. The van der Waals surface area contributed by atoms with Crippen molar-refractivity contribution in [3.8, 4) is 0 Å². The highest BCUT2D eigenvalue weighted by atomic mass is 35.5. The molecule has 0 bridgehead atoms. The molecule has 4 nitrogen and oxygen atoms in total. The molecule has 0 atom stereocenters. The fraction of sp³-hybridized carbons (Fsp3) is 0.250. The van der Waals surface area contributed by atoms with Gasteiger partial charge in [-0.2, -0.15) is 0 Å². The lowest BCUT2D eigenvalue weighted by Crippen LogP contribution is -2.26. The van der Waals surface area contributed by atoms with Crippen molar-refractivity contribution >= 4 is 23.2 Å². The van der Waals surface area contributed by atoms with Gasteiger partial charge in [0.1, 0.15) is 5.15 Å². The summed E-state index contributed by atoms with van der Waals surface area (Å²) in [7, 11) is 1.59. The number of anilines is 1. The van der Waals surface area contributed by atoms with Crippen LogP contribution in [0, 0.1) is 0 Å². The Morgan fingerprint density at radius 2 is 2.46 bits per heavy atom. The summed E-state index contributed by atoms with van der Waals surface area (Å²) in [5.41, 5.74) is 0.781. The van der Waals surface area contributed by atoms with Crippen molar-refractivity contribution in [1.82, 2.24) is 10.3 Å². The molecular weight excluding hydrogens is 190 g/mol. The molecule has 0 saturated carbocycles. The summed E-state index contributed by atoms with van der Waals surface area (Å²) in [6, 6.07) is 3.40. The minimum Gasteiger partial charge on any atom is -0.376 e. The quantitative estimate of drug-likeness (QED) is 0.711. The second-order valence-electron chi connectivity index (χ2n) is 2.39. The van der Waals surface area contributed by atoms with E-state index >= 15 is 0 Å². The third-order valence-corrected chi connectivity index (χ3v) is 1.67. The first-order chi connectivity index (χ1) is 6.22. The van der Waals surface area contributed by atoms with E-state index in [4.69, 9.17) is 11.6 Å². The van der Waals surface area contributed by atoms with Gasteiger partial charge in [-0.3, -0.25) is 4.79 Å². The average molecular weight is 200 g/mol. The zero-order valence-electron chi connectivity index (χ0n) is 7.17. The molecular formula is C8H10ClN3O. The molecule has 1 rings (SSSR count). The second kappa shape index (κ2) is 4.67. The van der Waals surface area contributed by atoms with Crippen LogP contribution >= 0.6 is 11.6 Å². The Balaban J connectivity index is 2.50. The largest absolute Gasteiger partial charge is 0.376 e. The minimum absolute atomic E-state index is 0.0760. The molecule has 0 radical (unpaired) electrons. The molecule has 1 aromatic rings. The molecule has 2 N–H and O–H groups in total. The number of aromatic nitrogens is 1. The van der Waals surface area contributed by atoms with Crippen LogP contribution in [-0.2, 0) is 4.79 Å². The Bertz CT molecular complexity index is 303. The third-order valence-electron chi connectivity index (χ3n) is 1.46. The van der Waals surface area contributed by atoms with Crippen LogP contribution in [0.5, 0.6) is 0 Å². The lowest BCUT2D eigenvalue weighted by Gasteiger charge is -2.04. The molecule has 13 heavy (non-hydrogen) atoms. The van der Waals surface area contributed by atoms with Crippen molar-refractivity contribution in [1.29, 1.82) is 0 Å². The predicted molar refractivity (Wildman–Crippen MR) is 51.8 cm³/mol. The van der Waals surface area contributed by atoms with Gasteiger partial charge in [-0.1, -0.05) is 11.6 Å². The molecule has 0 aliphatic carbocycles. The fourth-order valence-electron chi connectivity index (χ4n) is 0.783. The van der Waals surface area contributed by atoms with Gasteiger partial charge in [0, 0.05) is 18.9 Å². The van der Waals surface area contributed by atoms with E-state index in [0.29, 0.717) is 5.15 Å². The summed E-state index contributed by atoms with van der Waals surface area (Å²) < 4.78 is 0. The highest BCUT2D eigenvalue weighted by molar-refractivity contribution is 6.29. The number of amides is 1. The Kier molecular flexibility index (Phi) is 3.52. The van der Waals surface area contributed by atoms with E-state index in [9.17, 15) is 4.79 Å². The van der Waals surface area contributed by atoms with E-state index in [1.165, 1.54) is 0 Å². The highest BCUT2D eigenvalue weighted by Crippen LogP contribution is 2.10. The normalized spacial score (nSPS) is 9.38. The molecule has 0 saturated heterocycles. The number of carbonyl (C=O) groups is 1. The van der Waals surface area contributed by atoms with Gasteiger partial charge in [0.05, 0.1) is 6.54 Å². The van der Waals surface area contributed by atoms with Crippen LogP contribution in [0.2, 0.25) is 5.15 Å². The Morgan fingerprint density at radius 1 is 1.69 bits per heavy atom. The average Bonchev–Trinajstić information content (AvgIpc) is 2.14. The number of hydrogen-bond donors (Lipinski definition) is 2. The number of halogens is 1. The molecule has 0 fully saturated rings. The molecule has 1 amide bonds. The van der Waals surface area contributed by atoms with Gasteiger partial charge in [-0.15, -0.1) is 0 Å². The maximum absolute atomic E-state index is 10.8.